The fourth-order valence-corrected chi connectivity index (χ4v) is 0.429. The van der Waals surface area contributed by atoms with Crippen molar-refractivity contribution in [2.75, 3.05) is 0 Å². The fourth-order valence-electron chi connectivity index (χ4n) is 0.429. The third-order valence-electron chi connectivity index (χ3n) is 0.736. The van der Waals surface area contributed by atoms with Crippen LogP contribution in [-0.2, 0) is 0 Å². The number of allylic oxidation sites excluding steroid dienone is 1. The maximum absolute atomic E-state index is 3.02. The second-order valence-corrected chi connectivity index (χ2v) is 1.26. The van der Waals surface area contributed by atoms with Gasteiger partial charge in [-0.05, 0) is 18.9 Å². The lowest BCUT2D eigenvalue weighted by Gasteiger charge is -2.00. The molecule has 0 aliphatic carbocycles. The van der Waals surface area contributed by atoms with Crippen LogP contribution in [0.25, 0.3) is 0 Å². The number of hydrogen-bond donors (Lipinski definition) is 1. The van der Waals surface area contributed by atoms with Gasteiger partial charge in [0.15, 0.2) is 0 Å². The Kier molecular flexibility index (Phi) is 1.15. The Morgan fingerprint density at radius 2 is 2.67 bits per heavy atom. The van der Waals surface area contributed by atoms with Gasteiger partial charge >= 0.3 is 0 Å². The van der Waals surface area contributed by atoms with E-state index in [4.69, 9.17) is 0 Å². The molecule has 1 nitrogen and oxygen atoms in total. The molecule has 1 heteroatoms. The third-order valence-corrected chi connectivity index (χ3v) is 0.736. The van der Waals surface area contributed by atoms with Crippen molar-refractivity contribution in [3.8, 4) is 0 Å². The SMILES string of the molecule is [C]1=CN[CH]CC1. The molecule has 0 spiro atoms. The first kappa shape index (κ1) is 3.72. The highest BCUT2D eigenvalue weighted by Crippen LogP contribution is 1.95. The molecule has 0 aromatic heterocycles. The summed E-state index contributed by atoms with van der Waals surface area (Å²) in [6.07, 6.45) is 7.05. The van der Waals surface area contributed by atoms with Crippen molar-refractivity contribution in [1.82, 2.24) is 5.32 Å². The summed E-state index contributed by atoms with van der Waals surface area (Å²) in [5, 5.41) is 2.92. The summed E-state index contributed by atoms with van der Waals surface area (Å²) < 4.78 is 0. The summed E-state index contributed by atoms with van der Waals surface area (Å²) in [6.45, 7) is 2.02. The molecule has 32 valence electrons. The van der Waals surface area contributed by atoms with Crippen LogP contribution in [0.2, 0.25) is 0 Å². The van der Waals surface area contributed by atoms with Gasteiger partial charge in [-0.3, -0.25) is 0 Å². The Labute approximate surface area is 38.1 Å². The average Bonchev–Trinajstić information content (AvgIpc) is 1.72. The summed E-state index contributed by atoms with van der Waals surface area (Å²) in [6, 6.07) is 0. The molecular weight excluding hydrogens is 74.1 g/mol. The van der Waals surface area contributed by atoms with Crippen LogP contribution >= 0.6 is 0 Å². The van der Waals surface area contributed by atoms with E-state index in [1.165, 1.54) is 0 Å². The Hall–Kier alpha value is -0.460. The average molecular weight is 81.1 g/mol. The van der Waals surface area contributed by atoms with Crippen LogP contribution in [0.5, 0.6) is 0 Å². The highest BCUT2D eigenvalue weighted by Gasteiger charge is 1.86. The summed E-state index contributed by atoms with van der Waals surface area (Å²) in [4.78, 5) is 0. The van der Waals surface area contributed by atoms with Crippen molar-refractivity contribution >= 4 is 0 Å². The zero-order valence-electron chi connectivity index (χ0n) is 3.57. The molecule has 1 aliphatic rings. The summed E-state index contributed by atoms with van der Waals surface area (Å²) >= 11 is 0. The Bertz CT molecular complexity index is 49.0. The zero-order chi connectivity index (χ0) is 4.24. The molecule has 1 N–H and O–H groups in total. The predicted octanol–water partition coefficient (Wildman–Crippen LogP) is 0.848. The monoisotopic (exact) mass is 81.1 g/mol. The van der Waals surface area contributed by atoms with Crippen LogP contribution in [-0.4, -0.2) is 0 Å². The lowest BCUT2D eigenvalue weighted by Crippen LogP contribution is -2.03. The Morgan fingerprint density at radius 3 is 2.83 bits per heavy atom. The molecule has 0 saturated heterocycles. The topological polar surface area (TPSA) is 12.0 Å². The molecule has 2 radical (unpaired) electrons. The second-order valence-electron chi connectivity index (χ2n) is 1.26. The normalized spacial score (nSPS) is 20.0. The van der Waals surface area contributed by atoms with Gasteiger partial charge in [-0.25, -0.2) is 0 Å². The highest BCUT2D eigenvalue weighted by atomic mass is 14.8. The van der Waals surface area contributed by atoms with Crippen molar-refractivity contribution < 1.29 is 0 Å². The molecule has 0 bridgehead atoms. The van der Waals surface area contributed by atoms with Gasteiger partial charge in [0, 0.05) is 12.7 Å². The smallest absolute Gasteiger partial charge is 0.0460 e. The maximum Gasteiger partial charge on any atom is 0.0460 e. The predicted molar refractivity (Wildman–Crippen MR) is 24.5 cm³/mol. The van der Waals surface area contributed by atoms with E-state index in [0.29, 0.717) is 0 Å². The third kappa shape index (κ3) is 0.744. The summed E-state index contributed by atoms with van der Waals surface area (Å²) in [7, 11) is 0. The molecular formula is C5H7N. The molecule has 0 atom stereocenters. The van der Waals surface area contributed by atoms with Gasteiger partial charge in [-0.2, -0.15) is 0 Å². The molecule has 1 aliphatic heterocycles. The van der Waals surface area contributed by atoms with Crippen molar-refractivity contribution in [2.24, 2.45) is 0 Å². The quantitative estimate of drug-likeness (QED) is 0.455. The minimum atomic E-state index is 1.08. The molecule has 0 fully saturated rings. The molecule has 6 heavy (non-hydrogen) atoms. The van der Waals surface area contributed by atoms with E-state index in [2.05, 4.69) is 11.4 Å². The van der Waals surface area contributed by atoms with Crippen molar-refractivity contribution in [3.05, 3.63) is 18.8 Å². The molecule has 0 aromatic rings. The van der Waals surface area contributed by atoms with E-state index in [9.17, 15) is 0 Å². The zero-order valence-corrected chi connectivity index (χ0v) is 3.57. The minimum Gasteiger partial charge on any atom is -0.386 e. The molecule has 0 amide bonds. The van der Waals surface area contributed by atoms with Gasteiger partial charge in [0.25, 0.3) is 0 Å². The van der Waals surface area contributed by atoms with Crippen LogP contribution in [0.4, 0.5) is 0 Å². The summed E-state index contributed by atoms with van der Waals surface area (Å²) in [5.41, 5.74) is 0. The fraction of sp³-hybridized carbons (Fsp3) is 0.400. The van der Waals surface area contributed by atoms with E-state index < -0.39 is 0 Å². The van der Waals surface area contributed by atoms with Crippen molar-refractivity contribution in [3.63, 3.8) is 0 Å². The van der Waals surface area contributed by atoms with Gasteiger partial charge in [0.2, 0.25) is 0 Å². The Balaban J connectivity index is 2.26. The first-order chi connectivity index (χ1) is 3.00. The molecule has 0 aromatic carbocycles. The van der Waals surface area contributed by atoms with Gasteiger partial charge in [-0.1, -0.05) is 0 Å². The highest BCUT2D eigenvalue weighted by molar-refractivity contribution is 4.82. The van der Waals surface area contributed by atoms with E-state index in [1.54, 1.807) is 0 Å². The molecule has 1 rings (SSSR count). The van der Waals surface area contributed by atoms with Gasteiger partial charge in [0.1, 0.15) is 0 Å². The lowest BCUT2D eigenvalue weighted by atomic mass is 10.2. The molecule has 0 unspecified atom stereocenters. The molecule has 1 heterocycles. The standard InChI is InChI=1S/C5H7N/c1-2-4-6-5-3-1/h4-6H,1-2H2. The van der Waals surface area contributed by atoms with E-state index in [1.807, 2.05) is 12.7 Å². The van der Waals surface area contributed by atoms with Crippen LogP contribution in [0.15, 0.2) is 6.20 Å². The van der Waals surface area contributed by atoms with Crippen LogP contribution < -0.4 is 5.32 Å². The van der Waals surface area contributed by atoms with Crippen molar-refractivity contribution in [1.29, 1.82) is 0 Å². The van der Waals surface area contributed by atoms with E-state index in [0.717, 1.165) is 12.8 Å². The first-order valence-electron chi connectivity index (χ1n) is 2.13. The Morgan fingerprint density at radius 1 is 1.67 bits per heavy atom. The van der Waals surface area contributed by atoms with Crippen LogP contribution in [0.3, 0.4) is 0 Å². The minimum absolute atomic E-state index is 1.08. The van der Waals surface area contributed by atoms with Crippen molar-refractivity contribution in [2.45, 2.75) is 12.8 Å². The summed E-state index contributed by atoms with van der Waals surface area (Å²) in [5.74, 6) is 0. The van der Waals surface area contributed by atoms with Crippen LogP contribution in [0.1, 0.15) is 12.8 Å². The van der Waals surface area contributed by atoms with Gasteiger partial charge in [-0.15, -0.1) is 0 Å². The maximum atomic E-state index is 3.02. The number of hydrogen-bond acceptors (Lipinski definition) is 1. The number of rotatable bonds is 0. The van der Waals surface area contributed by atoms with Gasteiger partial charge < -0.3 is 5.32 Å². The number of nitrogens with one attached hydrogen (secondary N) is 1. The van der Waals surface area contributed by atoms with E-state index in [-0.39, 0.29) is 0 Å². The largest absolute Gasteiger partial charge is 0.386 e. The first-order valence-corrected chi connectivity index (χ1v) is 2.13. The van der Waals surface area contributed by atoms with Crippen LogP contribution in [0, 0.1) is 12.6 Å². The van der Waals surface area contributed by atoms with Gasteiger partial charge in [0.05, 0.1) is 0 Å². The molecule has 0 saturated carbocycles. The van der Waals surface area contributed by atoms with E-state index >= 15 is 0 Å². The lowest BCUT2D eigenvalue weighted by molar-refractivity contribution is 0.814. The second kappa shape index (κ2) is 1.85.